The zero-order valence-corrected chi connectivity index (χ0v) is 10.8. The minimum Gasteiger partial charge on any atom is -0.364 e. The molecule has 0 spiro atoms. The lowest BCUT2D eigenvalue weighted by Gasteiger charge is -2.06. The van der Waals surface area contributed by atoms with Crippen molar-refractivity contribution in [3.63, 3.8) is 0 Å². The van der Waals surface area contributed by atoms with Gasteiger partial charge >= 0.3 is 0 Å². The van der Waals surface area contributed by atoms with Gasteiger partial charge in [0.1, 0.15) is 16.7 Å². The molecular formula is C15H9N5O. The molecule has 0 radical (unpaired) electrons. The van der Waals surface area contributed by atoms with Gasteiger partial charge in [-0.25, -0.2) is 4.98 Å². The van der Waals surface area contributed by atoms with Crippen LogP contribution >= 0.6 is 0 Å². The van der Waals surface area contributed by atoms with Crippen LogP contribution in [-0.2, 0) is 0 Å². The number of rotatable bonds is 2. The van der Waals surface area contributed by atoms with E-state index in [1.807, 2.05) is 0 Å². The molecule has 100 valence electrons. The van der Waals surface area contributed by atoms with Gasteiger partial charge in [-0.05, 0) is 17.7 Å². The zero-order valence-electron chi connectivity index (χ0n) is 10.8. The Morgan fingerprint density at radius 2 is 1.90 bits per heavy atom. The van der Waals surface area contributed by atoms with Crippen molar-refractivity contribution in [2.24, 2.45) is 5.73 Å². The van der Waals surface area contributed by atoms with E-state index < -0.39 is 5.91 Å². The lowest BCUT2D eigenvalue weighted by atomic mass is 10.0. The van der Waals surface area contributed by atoms with Crippen molar-refractivity contribution in [2.75, 3.05) is 0 Å². The van der Waals surface area contributed by atoms with Gasteiger partial charge in [-0.15, -0.1) is 0 Å². The molecule has 0 atom stereocenters. The van der Waals surface area contributed by atoms with Crippen LogP contribution in [-0.4, -0.2) is 20.9 Å². The van der Waals surface area contributed by atoms with Crippen LogP contribution in [0, 0.1) is 11.3 Å². The van der Waals surface area contributed by atoms with Crippen molar-refractivity contribution in [2.45, 2.75) is 0 Å². The summed E-state index contributed by atoms with van der Waals surface area (Å²) in [5.74, 6) is -0.632. The summed E-state index contributed by atoms with van der Waals surface area (Å²) < 4.78 is 0. The van der Waals surface area contributed by atoms with Crippen molar-refractivity contribution in [3.05, 3.63) is 54.1 Å². The Morgan fingerprint density at radius 1 is 1.14 bits per heavy atom. The molecule has 0 aliphatic rings. The summed E-state index contributed by atoms with van der Waals surface area (Å²) >= 11 is 0. The maximum atomic E-state index is 11.2. The van der Waals surface area contributed by atoms with Crippen LogP contribution in [0.4, 0.5) is 0 Å². The molecule has 3 aromatic rings. The SMILES string of the molecule is N#Cc1ccc(-c2cncc3ncc(C(N)=O)nc23)cc1. The number of carbonyl (C=O) groups is 1. The van der Waals surface area contributed by atoms with E-state index in [9.17, 15) is 4.79 Å². The molecule has 2 heterocycles. The van der Waals surface area contributed by atoms with Crippen molar-refractivity contribution in [1.82, 2.24) is 15.0 Å². The maximum absolute atomic E-state index is 11.2. The number of amides is 1. The number of carbonyl (C=O) groups excluding carboxylic acids is 1. The molecular weight excluding hydrogens is 266 g/mol. The number of primary amides is 1. The Morgan fingerprint density at radius 3 is 2.57 bits per heavy atom. The first-order valence-electron chi connectivity index (χ1n) is 6.10. The van der Waals surface area contributed by atoms with Crippen LogP contribution in [0.2, 0.25) is 0 Å². The van der Waals surface area contributed by atoms with Crippen LogP contribution in [0.1, 0.15) is 16.1 Å². The maximum Gasteiger partial charge on any atom is 0.268 e. The first-order valence-corrected chi connectivity index (χ1v) is 6.10. The van der Waals surface area contributed by atoms with E-state index in [4.69, 9.17) is 11.0 Å². The normalized spacial score (nSPS) is 10.2. The van der Waals surface area contributed by atoms with E-state index in [1.165, 1.54) is 6.20 Å². The largest absolute Gasteiger partial charge is 0.364 e. The van der Waals surface area contributed by atoms with Crippen LogP contribution < -0.4 is 5.73 Å². The molecule has 0 aliphatic heterocycles. The standard InChI is InChI=1S/C15H9N5O/c16-5-9-1-3-10(4-2-9)11-6-18-7-12-14(11)20-13(8-19-12)15(17)21/h1-4,6-8H,(H2,17,21). The van der Waals surface area contributed by atoms with Crippen LogP contribution in [0.25, 0.3) is 22.2 Å². The highest BCUT2D eigenvalue weighted by atomic mass is 16.1. The number of fused-ring (bicyclic) bond motifs is 1. The zero-order chi connectivity index (χ0) is 14.8. The topological polar surface area (TPSA) is 106 Å². The molecule has 0 unspecified atom stereocenters. The van der Waals surface area contributed by atoms with Gasteiger partial charge in [-0.2, -0.15) is 5.26 Å². The van der Waals surface area contributed by atoms with Crippen molar-refractivity contribution in [1.29, 1.82) is 5.26 Å². The molecule has 1 aromatic carbocycles. The Bertz CT molecular complexity index is 881. The molecule has 1 amide bonds. The molecule has 0 saturated heterocycles. The predicted molar refractivity (Wildman–Crippen MR) is 76.0 cm³/mol. The van der Waals surface area contributed by atoms with Crippen molar-refractivity contribution >= 4 is 16.9 Å². The fourth-order valence-corrected chi connectivity index (χ4v) is 1.99. The third-order valence-electron chi connectivity index (χ3n) is 3.03. The summed E-state index contributed by atoms with van der Waals surface area (Å²) in [4.78, 5) is 23.8. The molecule has 0 bridgehead atoms. The summed E-state index contributed by atoms with van der Waals surface area (Å²) in [6.07, 6.45) is 4.54. The summed E-state index contributed by atoms with van der Waals surface area (Å²) in [7, 11) is 0. The number of pyridine rings is 1. The second-order valence-electron chi connectivity index (χ2n) is 4.36. The van der Waals surface area contributed by atoms with E-state index >= 15 is 0 Å². The Labute approximate surface area is 119 Å². The number of benzene rings is 1. The minimum atomic E-state index is -0.632. The van der Waals surface area contributed by atoms with E-state index in [1.54, 1.807) is 36.7 Å². The van der Waals surface area contributed by atoms with Crippen LogP contribution in [0.5, 0.6) is 0 Å². The fourth-order valence-electron chi connectivity index (χ4n) is 1.99. The Hall–Kier alpha value is -3.33. The first kappa shape index (κ1) is 12.7. The molecule has 3 rings (SSSR count). The van der Waals surface area contributed by atoms with Crippen molar-refractivity contribution in [3.8, 4) is 17.2 Å². The predicted octanol–water partition coefficient (Wildman–Crippen LogP) is 1.66. The van der Waals surface area contributed by atoms with Gasteiger partial charge in [0.2, 0.25) is 0 Å². The third-order valence-corrected chi connectivity index (χ3v) is 3.03. The second kappa shape index (κ2) is 4.98. The van der Waals surface area contributed by atoms with Gasteiger partial charge in [-0.1, -0.05) is 12.1 Å². The number of hydrogen-bond acceptors (Lipinski definition) is 5. The number of nitriles is 1. The summed E-state index contributed by atoms with van der Waals surface area (Å²) in [6.45, 7) is 0. The number of nitrogens with zero attached hydrogens (tertiary/aromatic N) is 4. The highest BCUT2D eigenvalue weighted by Crippen LogP contribution is 2.25. The van der Waals surface area contributed by atoms with E-state index in [0.717, 1.165) is 11.1 Å². The second-order valence-corrected chi connectivity index (χ2v) is 4.36. The summed E-state index contributed by atoms with van der Waals surface area (Å²) in [5, 5.41) is 8.83. The average molecular weight is 275 g/mol. The van der Waals surface area contributed by atoms with Gasteiger partial charge in [0.15, 0.2) is 0 Å². The molecule has 0 saturated carbocycles. The lowest BCUT2D eigenvalue weighted by molar-refractivity contribution is 0.0995. The molecule has 2 N–H and O–H groups in total. The quantitative estimate of drug-likeness (QED) is 0.765. The van der Waals surface area contributed by atoms with Crippen LogP contribution in [0.15, 0.2) is 42.9 Å². The van der Waals surface area contributed by atoms with E-state index in [0.29, 0.717) is 16.6 Å². The molecule has 0 fully saturated rings. The molecule has 0 aliphatic carbocycles. The van der Waals surface area contributed by atoms with Crippen LogP contribution in [0.3, 0.4) is 0 Å². The summed E-state index contributed by atoms with van der Waals surface area (Å²) in [5.41, 5.74) is 8.59. The highest BCUT2D eigenvalue weighted by Gasteiger charge is 2.10. The summed E-state index contributed by atoms with van der Waals surface area (Å²) in [6, 6.07) is 9.08. The first-order chi connectivity index (χ1) is 10.2. The van der Waals surface area contributed by atoms with E-state index in [-0.39, 0.29) is 5.69 Å². The average Bonchev–Trinajstić information content (AvgIpc) is 2.54. The third kappa shape index (κ3) is 2.28. The molecule has 2 aromatic heterocycles. The van der Waals surface area contributed by atoms with Gasteiger partial charge in [0.25, 0.3) is 5.91 Å². The Kier molecular flexibility index (Phi) is 3.01. The Balaban J connectivity index is 2.23. The van der Waals surface area contributed by atoms with Gasteiger partial charge in [0, 0.05) is 11.8 Å². The minimum absolute atomic E-state index is 0.101. The number of nitrogens with two attached hydrogens (primary N) is 1. The molecule has 21 heavy (non-hydrogen) atoms. The molecule has 6 heteroatoms. The molecule has 6 nitrogen and oxygen atoms in total. The number of aromatic nitrogens is 3. The lowest BCUT2D eigenvalue weighted by Crippen LogP contribution is -2.13. The van der Waals surface area contributed by atoms with Gasteiger partial charge in [0.05, 0.1) is 24.0 Å². The van der Waals surface area contributed by atoms with Gasteiger partial charge in [-0.3, -0.25) is 14.8 Å². The monoisotopic (exact) mass is 275 g/mol. The fraction of sp³-hybridized carbons (Fsp3) is 0. The number of hydrogen-bond donors (Lipinski definition) is 1. The van der Waals surface area contributed by atoms with E-state index in [2.05, 4.69) is 21.0 Å². The van der Waals surface area contributed by atoms with Gasteiger partial charge < -0.3 is 5.73 Å². The highest BCUT2D eigenvalue weighted by molar-refractivity contribution is 5.95. The smallest absolute Gasteiger partial charge is 0.268 e. The van der Waals surface area contributed by atoms with Crippen molar-refractivity contribution < 1.29 is 4.79 Å².